The lowest BCUT2D eigenvalue weighted by Gasteiger charge is -2.05. The fourth-order valence-electron chi connectivity index (χ4n) is 2.15. The molecule has 0 atom stereocenters. The van der Waals surface area contributed by atoms with Crippen molar-refractivity contribution in [1.82, 2.24) is 0 Å². The normalized spacial score (nSPS) is 15.1. The van der Waals surface area contributed by atoms with E-state index in [1.807, 2.05) is 18.2 Å². The first-order chi connectivity index (χ1) is 8.15. The summed E-state index contributed by atoms with van der Waals surface area (Å²) in [6.07, 6.45) is 2.45. The van der Waals surface area contributed by atoms with Gasteiger partial charge in [-0.25, -0.2) is 4.79 Å². The fourth-order valence-corrected chi connectivity index (χ4v) is 2.15. The summed E-state index contributed by atoms with van der Waals surface area (Å²) in [7, 11) is 0. The van der Waals surface area contributed by atoms with Gasteiger partial charge in [0, 0.05) is 0 Å². The predicted molar refractivity (Wildman–Crippen MR) is 64.5 cm³/mol. The second kappa shape index (κ2) is 3.48. The van der Waals surface area contributed by atoms with E-state index in [-0.39, 0.29) is 11.3 Å². The van der Waals surface area contributed by atoms with Crippen LogP contribution >= 0.6 is 0 Å². The van der Waals surface area contributed by atoms with Crippen LogP contribution in [-0.4, -0.2) is 16.2 Å². The number of aromatic carboxylic acids is 1. The van der Waals surface area contributed by atoms with Gasteiger partial charge in [-0.3, -0.25) is 0 Å². The number of carbonyl (C=O) groups is 1. The van der Waals surface area contributed by atoms with Crippen molar-refractivity contribution in [3.05, 3.63) is 41.5 Å². The molecule has 2 N–H and O–H groups in total. The lowest BCUT2D eigenvalue weighted by molar-refractivity contribution is 0.0694. The van der Waals surface area contributed by atoms with Crippen LogP contribution in [0.1, 0.15) is 34.7 Å². The van der Waals surface area contributed by atoms with Gasteiger partial charge in [-0.2, -0.15) is 0 Å². The van der Waals surface area contributed by atoms with Crippen molar-refractivity contribution < 1.29 is 15.0 Å². The van der Waals surface area contributed by atoms with Gasteiger partial charge in [0.2, 0.25) is 0 Å². The molecule has 3 rings (SSSR count). The van der Waals surface area contributed by atoms with E-state index in [2.05, 4.69) is 0 Å². The number of phenols is 1. The minimum atomic E-state index is -1.10. The molecule has 0 radical (unpaired) electrons. The van der Waals surface area contributed by atoms with E-state index in [9.17, 15) is 9.90 Å². The molecule has 0 aliphatic heterocycles. The minimum Gasteiger partial charge on any atom is -0.507 e. The Hall–Kier alpha value is -2.03. The molecule has 0 saturated heterocycles. The number of carboxylic acid groups (broad SMARTS) is 1. The molecule has 1 aliphatic carbocycles. The van der Waals surface area contributed by atoms with E-state index < -0.39 is 5.97 Å². The number of rotatable bonds is 2. The molecule has 2 aromatic carbocycles. The summed E-state index contributed by atoms with van der Waals surface area (Å²) in [6.45, 7) is 0. The summed E-state index contributed by atoms with van der Waals surface area (Å²) in [5.74, 6) is -0.616. The van der Waals surface area contributed by atoms with Crippen LogP contribution in [0.3, 0.4) is 0 Å². The summed E-state index contributed by atoms with van der Waals surface area (Å²) >= 11 is 0. The van der Waals surface area contributed by atoms with Crippen molar-refractivity contribution in [3.63, 3.8) is 0 Å². The van der Waals surface area contributed by atoms with Crippen molar-refractivity contribution in [2.24, 2.45) is 0 Å². The van der Waals surface area contributed by atoms with Gasteiger partial charge in [0.05, 0.1) is 0 Å². The van der Waals surface area contributed by atoms with Gasteiger partial charge in [0.1, 0.15) is 11.3 Å². The van der Waals surface area contributed by atoms with Gasteiger partial charge in [-0.05, 0) is 47.2 Å². The van der Waals surface area contributed by atoms with E-state index >= 15 is 0 Å². The van der Waals surface area contributed by atoms with E-state index in [0.29, 0.717) is 5.92 Å². The van der Waals surface area contributed by atoms with Crippen LogP contribution in [0.15, 0.2) is 30.3 Å². The first kappa shape index (κ1) is 10.1. The molecule has 17 heavy (non-hydrogen) atoms. The predicted octanol–water partition coefficient (Wildman–Crippen LogP) is 3.12. The van der Waals surface area contributed by atoms with E-state index in [4.69, 9.17) is 5.11 Å². The molecule has 0 heterocycles. The van der Waals surface area contributed by atoms with Crippen molar-refractivity contribution in [2.45, 2.75) is 18.8 Å². The van der Waals surface area contributed by atoms with Crippen LogP contribution in [0.25, 0.3) is 10.8 Å². The average Bonchev–Trinajstić information content (AvgIpc) is 3.10. The standard InChI is InChI=1S/C14H12O3/c15-13-7-11-5-9(8-1-2-8)3-4-10(11)6-12(13)14(16)17/h3-8,15H,1-2H2,(H,16,17). The van der Waals surface area contributed by atoms with Crippen LogP contribution in [-0.2, 0) is 0 Å². The molecular weight excluding hydrogens is 216 g/mol. The summed E-state index contributed by atoms with van der Waals surface area (Å²) < 4.78 is 0. The molecule has 0 amide bonds. The molecule has 1 fully saturated rings. The smallest absolute Gasteiger partial charge is 0.339 e. The van der Waals surface area contributed by atoms with Gasteiger partial charge in [0.15, 0.2) is 0 Å². The highest BCUT2D eigenvalue weighted by atomic mass is 16.4. The highest BCUT2D eigenvalue weighted by Crippen LogP contribution is 2.41. The molecule has 0 unspecified atom stereocenters. The van der Waals surface area contributed by atoms with Crippen LogP contribution in [0, 0.1) is 0 Å². The minimum absolute atomic E-state index is 0.0447. The van der Waals surface area contributed by atoms with Gasteiger partial charge in [-0.1, -0.05) is 18.2 Å². The molecule has 2 aromatic rings. The van der Waals surface area contributed by atoms with Crippen LogP contribution in [0.5, 0.6) is 5.75 Å². The molecular formula is C14H12O3. The number of hydrogen-bond donors (Lipinski definition) is 2. The van der Waals surface area contributed by atoms with Gasteiger partial charge in [0.25, 0.3) is 0 Å². The van der Waals surface area contributed by atoms with Crippen molar-refractivity contribution >= 4 is 16.7 Å². The summed E-state index contributed by atoms with van der Waals surface area (Å²) in [6, 6.07) is 9.06. The molecule has 0 bridgehead atoms. The topological polar surface area (TPSA) is 57.5 Å². The van der Waals surface area contributed by atoms with E-state index in [1.54, 1.807) is 0 Å². The van der Waals surface area contributed by atoms with E-state index in [1.165, 1.54) is 30.5 Å². The molecule has 3 nitrogen and oxygen atoms in total. The van der Waals surface area contributed by atoms with Gasteiger partial charge < -0.3 is 10.2 Å². The number of benzene rings is 2. The second-order valence-electron chi connectivity index (χ2n) is 4.56. The van der Waals surface area contributed by atoms with Crippen molar-refractivity contribution in [1.29, 1.82) is 0 Å². The highest BCUT2D eigenvalue weighted by molar-refractivity contribution is 5.97. The number of fused-ring (bicyclic) bond motifs is 1. The van der Waals surface area contributed by atoms with Gasteiger partial charge in [-0.15, -0.1) is 0 Å². The third-order valence-electron chi connectivity index (χ3n) is 3.26. The third kappa shape index (κ3) is 1.73. The SMILES string of the molecule is O=C(O)c1cc2ccc(C3CC3)cc2cc1O. The Morgan fingerprint density at radius 2 is 1.88 bits per heavy atom. The second-order valence-corrected chi connectivity index (χ2v) is 4.56. The third-order valence-corrected chi connectivity index (χ3v) is 3.26. The Morgan fingerprint density at radius 3 is 2.53 bits per heavy atom. The summed E-state index contributed by atoms with van der Waals surface area (Å²) in [4.78, 5) is 10.9. The Bertz CT molecular complexity index is 612. The zero-order valence-corrected chi connectivity index (χ0v) is 9.18. The molecule has 1 saturated carbocycles. The Morgan fingerprint density at radius 1 is 1.12 bits per heavy atom. The first-order valence-corrected chi connectivity index (χ1v) is 5.65. The maximum absolute atomic E-state index is 10.9. The van der Waals surface area contributed by atoms with Crippen LogP contribution in [0.2, 0.25) is 0 Å². The zero-order valence-electron chi connectivity index (χ0n) is 9.18. The fraction of sp³-hybridized carbons (Fsp3) is 0.214. The van der Waals surface area contributed by atoms with Crippen LogP contribution in [0.4, 0.5) is 0 Å². The maximum atomic E-state index is 10.9. The number of hydrogen-bond acceptors (Lipinski definition) is 2. The lowest BCUT2D eigenvalue weighted by atomic mass is 10.0. The summed E-state index contributed by atoms with van der Waals surface area (Å²) in [5.41, 5.74) is 1.23. The Kier molecular flexibility index (Phi) is 2.08. The number of aromatic hydroxyl groups is 1. The maximum Gasteiger partial charge on any atom is 0.339 e. The quantitative estimate of drug-likeness (QED) is 0.830. The molecule has 86 valence electrons. The molecule has 1 aliphatic rings. The molecule has 0 spiro atoms. The van der Waals surface area contributed by atoms with E-state index in [0.717, 1.165) is 10.8 Å². The Labute approximate surface area is 98.3 Å². The molecule has 0 aromatic heterocycles. The van der Waals surface area contributed by atoms with Gasteiger partial charge >= 0.3 is 5.97 Å². The Balaban J connectivity index is 2.18. The average molecular weight is 228 g/mol. The number of carboxylic acids is 1. The van der Waals surface area contributed by atoms with Crippen molar-refractivity contribution in [3.8, 4) is 5.75 Å². The lowest BCUT2D eigenvalue weighted by Crippen LogP contribution is -1.96. The largest absolute Gasteiger partial charge is 0.507 e. The van der Waals surface area contributed by atoms with Crippen LogP contribution < -0.4 is 0 Å². The first-order valence-electron chi connectivity index (χ1n) is 5.65. The zero-order chi connectivity index (χ0) is 12.0. The van der Waals surface area contributed by atoms with Crippen molar-refractivity contribution in [2.75, 3.05) is 0 Å². The monoisotopic (exact) mass is 228 g/mol. The summed E-state index contributed by atoms with van der Waals surface area (Å²) in [5, 5.41) is 20.3. The highest BCUT2D eigenvalue weighted by Gasteiger charge is 2.23. The molecule has 3 heteroatoms.